The number of ether oxygens (including phenoxy) is 2. The van der Waals surface area contributed by atoms with Crippen molar-refractivity contribution in [2.45, 2.75) is 25.4 Å². The third-order valence-electron chi connectivity index (χ3n) is 2.10. The van der Waals surface area contributed by atoms with Crippen molar-refractivity contribution in [1.82, 2.24) is 5.32 Å². The van der Waals surface area contributed by atoms with E-state index < -0.39 is 0 Å². The number of unbranched alkanes of at least 4 members (excludes halogenated alkanes) is 1. The summed E-state index contributed by atoms with van der Waals surface area (Å²) in [6.07, 6.45) is 2.69. The Morgan fingerprint density at radius 1 is 1.46 bits per heavy atom. The molecule has 0 radical (unpaired) electrons. The Morgan fingerprint density at radius 3 is 2.77 bits per heavy atom. The average Bonchev–Trinajstić information content (AvgIpc) is 2.07. The Hall–Kier alpha value is -0.610. The molecule has 1 heterocycles. The van der Waals surface area contributed by atoms with Gasteiger partial charge in [0.15, 0.2) is 0 Å². The van der Waals surface area contributed by atoms with Gasteiger partial charge in [-0.25, -0.2) is 0 Å². The highest BCUT2D eigenvalue weighted by atomic mass is 16.5. The van der Waals surface area contributed by atoms with Crippen molar-refractivity contribution in [2.24, 2.45) is 0 Å². The van der Waals surface area contributed by atoms with Crippen molar-refractivity contribution in [3.63, 3.8) is 0 Å². The van der Waals surface area contributed by atoms with Gasteiger partial charge in [-0.1, -0.05) is 0 Å². The Morgan fingerprint density at radius 2 is 2.23 bits per heavy atom. The van der Waals surface area contributed by atoms with E-state index in [0.717, 1.165) is 32.5 Å². The monoisotopic (exact) mass is 187 g/mol. The van der Waals surface area contributed by atoms with Crippen molar-refractivity contribution in [3.8, 4) is 0 Å². The Balaban J connectivity index is 1.80. The third-order valence-corrected chi connectivity index (χ3v) is 2.10. The number of carbonyl (C=O) groups is 1. The van der Waals surface area contributed by atoms with Crippen LogP contribution in [0.2, 0.25) is 0 Å². The molecule has 0 unspecified atom stereocenters. The van der Waals surface area contributed by atoms with E-state index in [1.807, 2.05) is 0 Å². The van der Waals surface area contributed by atoms with Crippen molar-refractivity contribution in [2.75, 3.05) is 26.8 Å². The minimum atomic E-state index is -0.134. The summed E-state index contributed by atoms with van der Waals surface area (Å²) in [4.78, 5) is 10.7. The standard InChI is InChI=1S/C9H17NO3/c1-12-9(11)4-2-3-5-13-8-6-10-7-8/h8,10H,2-7H2,1H3. The molecule has 0 amide bonds. The lowest BCUT2D eigenvalue weighted by molar-refractivity contribution is -0.140. The van der Waals surface area contributed by atoms with Gasteiger partial charge in [0.05, 0.1) is 13.2 Å². The molecule has 1 fully saturated rings. The molecule has 0 aromatic carbocycles. The summed E-state index contributed by atoms with van der Waals surface area (Å²) in [5.74, 6) is -0.134. The van der Waals surface area contributed by atoms with Crippen LogP contribution in [0.4, 0.5) is 0 Å². The lowest BCUT2D eigenvalue weighted by Gasteiger charge is -2.26. The van der Waals surface area contributed by atoms with E-state index in [2.05, 4.69) is 10.1 Å². The molecule has 1 N–H and O–H groups in total. The fourth-order valence-corrected chi connectivity index (χ4v) is 1.10. The summed E-state index contributed by atoms with van der Waals surface area (Å²) in [5, 5.41) is 3.13. The average molecular weight is 187 g/mol. The quantitative estimate of drug-likeness (QED) is 0.480. The molecule has 0 aromatic rings. The molecule has 1 aliphatic rings. The molecular weight excluding hydrogens is 170 g/mol. The second kappa shape index (κ2) is 5.94. The molecule has 0 bridgehead atoms. The zero-order valence-electron chi connectivity index (χ0n) is 8.04. The predicted molar refractivity (Wildman–Crippen MR) is 48.5 cm³/mol. The van der Waals surface area contributed by atoms with Crippen molar-refractivity contribution < 1.29 is 14.3 Å². The van der Waals surface area contributed by atoms with Crippen molar-refractivity contribution in [3.05, 3.63) is 0 Å². The van der Waals surface area contributed by atoms with E-state index in [1.54, 1.807) is 0 Å². The van der Waals surface area contributed by atoms with Crippen LogP contribution in [0.1, 0.15) is 19.3 Å². The molecule has 4 nitrogen and oxygen atoms in total. The van der Waals surface area contributed by atoms with Crippen molar-refractivity contribution in [1.29, 1.82) is 0 Å². The van der Waals surface area contributed by atoms with Crippen LogP contribution in [0, 0.1) is 0 Å². The van der Waals surface area contributed by atoms with Crippen LogP contribution in [0.5, 0.6) is 0 Å². The topological polar surface area (TPSA) is 47.6 Å². The van der Waals surface area contributed by atoms with E-state index in [1.165, 1.54) is 7.11 Å². The Kier molecular flexibility index (Phi) is 4.78. The number of hydrogen-bond donors (Lipinski definition) is 1. The van der Waals surface area contributed by atoms with Crippen LogP contribution < -0.4 is 5.32 Å². The highest BCUT2D eigenvalue weighted by molar-refractivity contribution is 5.68. The maximum Gasteiger partial charge on any atom is 0.305 e. The maximum absolute atomic E-state index is 10.7. The number of hydrogen-bond acceptors (Lipinski definition) is 4. The van der Waals surface area contributed by atoms with Gasteiger partial charge in [0, 0.05) is 26.1 Å². The molecule has 1 rings (SSSR count). The molecule has 4 heteroatoms. The summed E-state index contributed by atoms with van der Waals surface area (Å²) in [5.41, 5.74) is 0. The van der Waals surface area contributed by atoms with Gasteiger partial charge in [0.25, 0.3) is 0 Å². The molecule has 0 spiro atoms. The van der Waals surface area contributed by atoms with Gasteiger partial charge < -0.3 is 14.8 Å². The number of methoxy groups -OCH3 is 1. The van der Waals surface area contributed by atoms with Crippen LogP contribution in [0.25, 0.3) is 0 Å². The van der Waals surface area contributed by atoms with Gasteiger partial charge in [0.2, 0.25) is 0 Å². The minimum Gasteiger partial charge on any atom is -0.469 e. The second-order valence-electron chi connectivity index (χ2n) is 3.18. The maximum atomic E-state index is 10.7. The van der Waals surface area contributed by atoms with Gasteiger partial charge in [-0.05, 0) is 12.8 Å². The molecule has 0 aromatic heterocycles. The minimum absolute atomic E-state index is 0.134. The van der Waals surface area contributed by atoms with Crippen LogP contribution in [-0.4, -0.2) is 38.9 Å². The first kappa shape index (κ1) is 10.5. The van der Waals surface area contributed by atoms with E-state index in [-0.39, 0.29) is 5.97 Å². The lowest BCUT2D eigenvalue weighted by Crippen LogP contribution is -2.48. The Bertz CT molecular complexity index is 157. The summed E-state index contributed by atoms with van der Waals surface area (Å²) in [7, 11) is 1.42. The van der Waals surface area contributed by atoms with Crippen molar-refractivity contribution >= 4 is 5.97 Å². The number of carbonyl (C=O) groups excluding carboxylic acids is 1. The van der Waals surface area contributed by atoms with Gasteiger partial charge in [-0.15, -0.1) is 0 Å². The SMILES string of the molecule is COC(=O)CCCCOC1CNC1. The van der Waals surface area contributed by atoms with Crippen LogP contribution in [0.3, 0.4) is 0 Å². The van der Waals surface area contributed by atoms with Crippen LogP contribution in [0.15, 0.2) is 0 Å². The molecule has 0 aliphatic carbocycles. The zero-order chi connectivity index (χ0) is 9.52. The van der Waals surface area contributed by atoms with Gasteiger partial charge >= 0.3 is 5.97 Å². The largest absolute Gasteiger partial charge is 0.469 e. The third kappa shape index (κ3) is 4.24. The van der Waals surface area contributed by atoms with E-state index >= 15 is 0 Å². The molecule has 1 saturated heterocycles. The zero-order valence-corrected chi connectivity index (χ0v) is 8.04. The first-order valence-corrected chi connectivity index (χ1v) is 4.72. The highest BCUT2D eigenvalue weighted by Gasteiger charge is 2.16. The summed E-state index contributed by atoms with van der Waals surface area (Å²) < 4.78 is 10.00. The van der Waals surface area contributed by atoms with E-state index in [9.17, 15) is 4.79 Å². The molecule has 76 valence electrons. The summed E-state index contributed by atoms with van der Waals surface area (Å²) in [6, 6.07) is 0. The van der Waals surface area contributed by atoms with Crippen LogP contribution >= 0.6 is 0 Å². The fourth-order valence-electron chi connectivity index (χ4n) is 1.10. The normalized spacial score (nSPS) is 16.7. The summed E-state index contributed by atoms with van der Waals surface area (Å²) >= 11 is 0. The highest BCUT2D eigenvalue weighted by Crippen LogP contribution is 2.02. The molecule has 0 saturated carbocycles. The number of nitrogens with one attached hydrogen (secondary N) is 1. The fraction of sp³-hybridized carbons (Fsp3) is 0.889. The predicted octanol–water partition coefficient (Wildman–Crippen LogP) is 0.318. The number of rotatable bonds is 6. The Labute approximate surface area is 78.6 Å². The van der Waals surface area contributed by atoms with E-state index in [4.69, 9.17) is 4.74 Å². The first-order valence-electron chi connectivity index (χ1n) is 4.72. The molecule has 1 aliphatic heterocycles. The lowest BCUT2D eigenvalue weighted by atomic mass is 10.2. The number of esters is 1. The molecular formula is C9H17NO3. The summed E-state index contributed by atoms with van der Waals surface area (Å²) in [6.45, 7) is 2.69. The van der Waals surface area contributed by atoms with Gasteiger partial charge in [-0.3, -0.25) is 4.79 Å². The smallest absolute Gasteiger partial charge is 0.305 e. The van der Waals surface area contributed by atoms with Crippen LogP contribution in [-0.2, 0) is 14.3 Å². The van der Waals surface area contributed by atoms with Gasteiger partial charge in [-0.2, -0.15) is 0 Å². The second-order valence-corrected chi connectivity index (χ2v) is 3.18. The van der Waals surface area contributed by atoms with E-state index in [0.29, 0.717) is 12.5 Å². The van der Waals surface area contributed by atoms with Gasteiger partial charge in [0.1, 0.15) is 0 Å². The first-order chi connectivity index (χ1) is 6.33. The molecule has 13 heavy (non-hydrogen) atoms. The molecule has 0 atom stereocenters.